The van der Waals surface area contributed by atoms with Crippen molar-refractivity contribution in [2.24, 2.45) is 0 Å². The van der Waals surface area contributed by atoms with Crippen LogP contribution in [0.15, 0.2) is 48.5 Å². The van der Waals surface area contributed by atoms with Gasteiger partial charge >= 0.3 is 0 Å². The van der Waals surface area contributed by atoms with Gasteiger partial charge in [0.2, 0.25) is 5.91 Å². The molecule has 2 aromatic carbocycles. The van der Waals surface area contributed by atoms with E-state index in [9.17, 15) is 9.59 Å². The second kappa shape index (κ2) is 6.50. The summed E-state index contributed by atoms with van der Waals surface area (Å²) in [6.45, 7) is 5.97. The van der Waals surface area contributed by atoms with Crippen LogP contribution in [0.25, 0.3) is 5.69 Å². The maximum atomic E-state index is 13.1. The molecule has 5 heteroatoms. The van der Waals surface area contributed by atoms with Crippen LogP contribution in [0.1, 0.15) is 45.1 Å². The smallest absolute Gasteiger partial charge is 0.226 e. The number of fused-ring (bicyclic) bond motifs is 1. The van der Waals surface area contributed by atoms with E-state index in [2.05, 4.69) is 10.4 Å². The highest BCUT2D eigenvalue weighted by molar-refractivity contribution is 6.08. The molecule has 2 heterocycles. The molecule has 5 nitrogen and oxygen atoms in total. The molecule has 1 atom stereocenters. The Hall–Kier alpha value is -3.21. The van der Waals surface area contributed by atoms with Crippen molar-refractivity contribution in [3.8, 4) is 5.69 Å². The van der Waals surface area contributed by atoms with Crippen molar-refractivity contribution in [3.05, 3.63) is 76.5 Å². The zero-order valence-corrected chi connectivity index (χ0v) is 15.6. The van der Waals surface area contributed by atoms with Gasteiger partial charge in [-0.2, -0.15) is 5.10 Å². The maximum Gasteiger partial charge on any atom is 0.226 e. The van der Waals surface area contributed by atoms with Crippen LogP contribution >= 0.6 is 0 Å². The van der Waals surface area contributed by atoms with E-state index in [0.29, 0.717) is 11.4 Å². The Balaban J connectivity index is 1.87. The molecule has 0 saturated heterocycles. The van der Waals surface area contributed by atoms with Gasteiger partial charge in [0.1, 0.15) is 5.82 Å². The van der Waals surface area contributed by atoms with E-state index in [1.807, 2.05) is 57.2 Å². The summed E-state index contributed by atoms with van der Waals surface area (Å²) >= 11 is 0. The molecule has 1 N–H and O–H groups in total. The first-order chi connectivity index (χ1) is 13.0. The van der Waals surface area contributed by atoms with Gasteiger partial charge in [-0.05, 0) is 38.0 Å². The van der Waals surface area contributed by atoms with Crippen molar-refractivity contribution in [1.29, 1.82) is 0 Å². The van der Waals surface area contributed by atoms with Gasteiger partial charge in [0.15, 0.2) is 5.78 Å². The molecule has 1 aliphatic heterocycles. The van der Waals surface area contributed by atoms with Crippen molar-refractivity contribution in [1.82, 2.24) is 9.78 Å². The highest BCUT2D eigenvalue weighted by atomic mass is 16.2. The van der Waals surface area contributed by atoms with Crippen LogP contribution in [0, 0.1) is 20.8 Å². The molecule has 0 radical (unpaired) electrons. The molecule has 1 unspecified atom stereocenters. The van der Waals surface area contributed by atoms with E-state index >= 15 is 0 Å². The summed E-state index contributed by atoms with van der Waals surface area (Å²) in [5.41, 5.74) is 5.33. The number of ketones is 1. The summed E-state index contributed by atoms with van der Waals surface area (Å²) in [5.74, 6) is -0.125. The van der Waals surface area contributed by atoms with Crippen LogP contribution in [-0.2, 0) is 4.79 Å². The van der Waals surface area contributed by atoms with Gasteiger partial charge in [0.05, 0.1) is 17.3 Å². The Morgan fingerprint density at radius 2 is 1.81 bits per heavy atom. The predicted molar refractivity (Wildman–Crippen MR) is 105 cm³/mol. The molecular formula is C22H21N3O2. The van der Waals surface area contributed by atoms with Crippen molar-refractivity contribution < 1.29 is 9.59 Å². The van der Waals surface area contributed by atoms with E-state index in [0.717, 1.165) is 28.1 Å². The Kier molecular flexibility index (Phi) is 4.15. The van der Waals surface area contributed by atoms with E-state index in [1.165, 1.54) is 0 Å². The van der Waals surface area contributed by atoms with Crippen LogP contribution in [0.2, 0.25) is 0 Å². The number of rotatable bonds is 3. The van der Waals surface area contributed by atoms with Gasteiger partial charge in [-0.25, -0.2) is 4.68 Å². The molecule has 0 bridgehead atoms. The zero-order valence-electron chi connectivity index (χ0n) is 15.6. The standard InChI is InChI=1S/C22H21N3O2/c1-13-8-7-11-18(14(13)2)25-22-20(15(3)24-25)17(12-19(26)23-22)21(27)16-9-5-4-6-10-16/h4-11,17H,12H2,1-3H3,(H,23,26). The number of carbonyl (C=O) groups excluding carboxylic acids is 2. The van der Waals surface area contributed by atoms with Crippen LogP contribution in [-0.4, -0.2) is 21.5 Å². The predicted octanol–water partition coefficient (Wildman–Crippen LogP) is 4.11. The maximum absolute atomic E-state index is 13.1. The first kappa shape index (κ1) is 17.2. The first-order valence-electron chi connectivity index (χ1n) is 9.02. The highest BCUT2D eigenvalue weighted by Gasteiger charge is 2.36. The second-order valence-corrected chi connectivity index (χ2v) is 7.01. The molecule has 136 valence electrons. The SMILES string of the molecule is Cc1cccc(-n2nc(C)c3c2NC(=O)CC3C(=O)c2ccccc2)c1C. The summed E-state index contributed by atoms with van der Waals surface area (Å²) in [6.07, 6.45) is 0.139. The van der Waals surface area contributed by atoms with E-state index in [4.69, 9.17) is 0 Å². The van der Waals surface area contributed by atoms with Gasteiger partial charge in [0.25, 0.3) is 0 Å². The molecule has 3 aromatic rings. The van der Waals surface area contributed by atoms with Gasteiger partial charge in [-0.1, -0.05) is 42.5 Å². The van der Waals surface area contributed by atoms with Crippen molar-refractivity contribution in [3.63, 3.8) is 0 Å². The average molecular weight is 359 g/mol. The third-order valence-corrected chi connectivity index (χ3v) is 5.28. The lowest BCUT2D eigenvalue weighted by atomic mass is 9.85. The average Bonchev–Trinajstić information content (AvgIpc) is 2.99. The largest absolute Gasteiger partial charge is 0.310 e. The fourth-order valence-corrected chi connectivity index (χ4v) is 3.71. The molecule has 4 rings (SSSR count). The zero-order chi connectivity index (χ0) is 19.1. The topological polar surface area (TPSA) is 64.0 Å². The van der Waals surface area contributed by atoms with E-state index in [1.54, 1.807) is 16.8 Å². The number of hydrogen-bond acceptors (Lipinski definition) is 3. The third-order valence-electron chi connectivity index (χ3n) is 5.28. The first-order valence-corrected chi connectivity index (χ1v) is 9.02. The number of nitrogens with one attached hydrogen (secondary N) is 1. The molecule has 1 aliphatic rings. The van der Waals surface area contributed by atoms with Crippen molar-refractivity contribution in [2.75, 3.05) is 5.32 Å². The number of nitrogens with zero attached hydrogens (tertiary/aromatic N) is 2. The number of Topliss-reactive ketones (excluding diaryl/α,β-unsaturated/α-hetero) is 1. The Morgan fingerprint density at radius 1 is 1.07 bits per heavy atom. The fourth-order valence-electron chi connectivity index (χ4n) is 3.71. The lowest BCUT2D eigenvalue weighted by Crippen LogP contribution is -2.28. The minimum Gasteiger partial charge on any atom is -0.310 e. The lowest BCUT2D eigenvalue weighted by molar-refractivity contribution is -0.116. The third kappa shape index (κ3) is 2.85. The molecule has 1 aromatic heterocycles. The monoisotopic (exact) mass is 359 g/mol. The van der Waals surface area contributed by atoms with Gasteiger partial charge in [0, 0.05) is 17.5 Å². The minimum absolute atomic E-state index is 0.0460. The Morgan fingerprint density at radius 3 is 2.56 bits per heavy atom. The summed E-state index contributed by atoms with van der Waals surface area (Å²) in [7, 11) is 0. The summed E-state index contributed by atoms with van der Waals surface area (Å²) < 4.78 is 1.76. The number of aromatic nitrogens is 2. The van der Waals surface area contributed by atoms with Crippen LogP contribution in [0.5, 0.6) is 0 Å². The van der Waals surface area contributed by atoms with Crippen molar-refractivity contribution in [2.45, 2.75) is 33.1 Å². The number of amides is 1. The number of carbonyl (C=O) groups is 2. The molecule has 27 heavy (non-hydrogen) atoms. The van der Waals surface area contributed by atoms with Crippen LogP contribution in [0.4, 0.5) is 5.82 Å². The minimum atomic E-state index is -0.519. The number of hydrogen-bond donors (Lipinski definition) is 1. The lowest BCUT2D eigenvalue weighted by Gasteiger charge is -2.23. The number of aryl methyl sites for hydroxylation is 2. The van der Waals surface area contributed by atoms with Crippen molar-refractivity contribution >= 4 is 17.5 Å². The molecule has 0 spiro atoms. The van der Waals surface area contributed by atoms with Gasteiger partial charge in [-0.15, -0.1) is 0 Å². The number of anilines is 1. The fraction of sp³-hybridized carbons (Fsp3) is 0.227. The van der Waals surface area contributed by atoms with Crippen LogP contribution < -0.4 is 5.32 Å². The summed E-state index contributed by atoms with van der Waals surface area (Å²) in [5, 5.41) is 7.62. The quantitative estimate of drug-likeness (QED) is 0.716. The normalized spacial score (nSPS) is 16.0. The highest BCUT2D eigenvalue weighted by Crippen LogP contribution is 2.38. The van der Waals surface area contributed by atoms with Gasteiger partial charge < -0.3 is 5.32 Å². The molecular weight excluding hydrogens is 338 g/mol. The molecule has 0 aliphatic carbocycles. The molecule has 0 saturated carbocycles. The molecule has 0 fully saturated rings. The number of benzene rings is 2. The van der Waals surface area contributed by atoms with Crippen LogP contribution in [0.3, 0.4) is 0 Å². The Labute approximate surface area is 158 Å². The van der Waals surface area contributed by atoms with Gasteiger partial charge in [-0.3, -0.25) is 9.59 Å². The van der Waals surface area contributed by atoms with E-state index in [-0.39, 0.29) is 18.1 Å². The second-order valence-electron chi connectivity index (χ2n) is 7.01. The molecule has 1 amide bonds. The van der Waals surface area contributed by atoms with E-state index < -0.39 is 5.92 Å². The Bertz CT molecular complexity index is 1050. The summed E-state index contributed by atoms with van der Waals surface area (Å²) in [6, 6.07) is 15.1. The summed E-state index contributed by atoms with van der Waals surface area (Å²) in [4.78, 5) is 25.5.